The Morgan fingerprint density at radius 3 is 2.67 bits per heavy atom. The van der Waals surface area contributed by atoms with E-state index in [4.69, 9.17) is 4.74 Å². The summed E-state index contributed by atoms with van der Waals surface area (Å²) in [5, 5.41) is 6.09. The molecule has 33 heavy (non-hydrogen) atoms. The largest absolute Gasteiger partial charge is 0.462 e. The zero-order valence-electron chi connectivity index (χ0n) is 17.9. The van der Waals surface area contributed by atoms with Crippen molar-refractivity contribution in [3.8, 4) is 0 Å². The van der Waals surface area contributed by atoms with Crippen molar-refractivity contribution in [2.75, 3.05) is 11.9 Å². The molecule has 0 aliphatic heterocycles. The molecule has 11 heteroatoms. The fraction of sp³-hybridized carbons (Fsp3) is 0.364. The monoisotopic (exact) mass is 481 g/mol. The summed E-state index contributed by atoms with van der Waals surface area (Å²) in [6, 6.07) is 4.68. The number of hydrogen-bond acceptors (Lipinski definition) is 6. The molecule has 1 aromatic heterocycles. The summed E-state index contributed by atoms with van der Waals surface area (Å²) >= 11 is 1.21. The van der Waals surface area contributed by atoms with Gasteiger partial charge < -0.3 is 10.1 Å². The fourth-order valence-electron chi connectivity index (χ4n) is 3.50. The van der Waals surface area contributed by atoms with E-state index < -0.39 is 29.5 Å². The van der Waals surface area contributed by atoms with E-state index in [-0.39, 0.29) is 22.7 Å². The molecular weight excluding hydrogens is 459 g/mol. The lowest BCUT2D eigenvalue weighted by Gasteiger charge is -2.18. The Hall–Kier alpha value is -3.21. The summed E-state index contributed by atoms with van der Waals surface area (Å²) in [6.45, 7) is 3.91. The maximum atomic E-state index is 13.0. The molecule has 2 aromatic rings. The number of ether oxygens (including phenoxy) is 1. The summed E-state index contributed by atoms with van der Waals surface area (Å²) < 4.78 is 44.2. The van der Waals surface area contributed by atoms with Crippen LogP contribution >= 0.6 is 11.3 Å². The van der Waals surface area contributed by atoms with Gasteiger partial charge in [0.2, 0.25) is 0 Å². The molecule has 1 aromatic carbocycles. The zero-order valence-corrected chi connectivity index (χ0v) is 18.7. The van der Waals surface area contributed by atoms with E-state index >= 15 is 0 Å². The number of alkyl halides is 3. The second kappa shape index (κ2) is 10.2. The maximum absolute atomic E-state index is 13.0. The Bertz CT molecular complexity index is 1100. The minimum Gasteiger partial charge on any atom is -0.462 e. The predicted octanol–water partition coefficient (Wildman–Crippen LogP) is 4.16. The minimum absolute atomic E-state index is 0.155. The molecule has 176 valence electrons. The number of nitrogens with zero attached hydrogens (tertiary/aromatic N) is 1. The molecule has 0 saturated carbocycles. The lowest BCUT2D eigenvalue weighted by molar-refractivity contribution is -0.137. The number of carbonyl (C=O) groups is 3. The van der Waals surface area contributed by atoms with E-state index in [0.717, 1.165) is 35.6 Å². The molecule has 0 bridgehead atoms. The molecule has 0 radical (unpaired) electrons. The van der Waals surface area contributed by atoms with Crippen LogP contribution in [0.5, 0.6) is 0 Å². The average molecular weight is 481 g/mol. The van der Waals surface area contributed by atoms with E-state index in [1.807, 2.05) is 5.43 Å². The first-order chi connectivity index (χ1) is 15.6. The van der Waals surface area contributed by atoms with Crippen LogP contribution in [-0.2, 0) is 33.3 Å². The van der Waals surface area contributed by atoms with Gasteiger partial charge in [0, 0.05) is 10.4 Å². The molecular formula is C22H22F3N3O4S. The van der Waals surface area contributed by atoms with E-state index in [2.05, 4.69) is 17.3 Å². The molecule has 1 heterocycles. The number of hydrogen-bond donors (Lipinski definition) is 2. The molecule has 2 amide bonds. The Morgan fingerprint density at radius 2 is 1.97 bits per heavy atom. The van der Waals surface area contributed by atoms with Crippen molar-refractivity contribution < 1.29 is 32.3 Å². The van der Waals surface area contributed by atoms with E-state index in [1.165, 1.54) is 29.5 Å². The van der Waals surface area contributed by atoms with Gasteiger partial charge in [-0.05, 0) is 43.7 Å². The number of rotatable bonds is 5. The zero-order chi connectivity index (χ0) is 24.2. The van der Waals surface area contributed by atoms with Gasteiger partial charge in [-0.1, -0.05) is 25.1 Å². The Balaban J connectivity index is 1.74. The number of anilines is 1. The van der Waals surface area contributed by atoms with Gasteiger partial charge >= 0.3 is 24.0 Å². The fourth-order valence-corrected chi connectivity index (χ4v) is 4.89. The van der Waals surface area contributed by atoms with Crippen LogP contribution in [0.4, 0.5) is 18.2 Å². The smallest absolute Gasteiger partial charge is 0.417 e. The Labute approximate surface area is 192 Å². The predicted molar refractivity (Wildman–Crippen MR) is 117 cm³/mol. The molecule has 0 fully saturated rings. The van der Waals surface area contributed by atoms with Gasteiger partial charge in [0.15, 0.2) is 0 Å². The lowest BCUT2D eigenvalue weighted by atomic mass is 9.88. The lowest BCUT2D eigenvalue weighted by Crippen LogP contribution is -2.32. The number of nitrogens with one attached hydrogen (secondary N) is 2. The summed E-state index contributed by atoms with van der Waals surface area (Å²) in [6.07, 6.45) is -1.49. The second-order valence-corrected chi connectivity index (χ2v) is 8.62. The number of esters is 1. The molecule has 1 aliphatic carbocycles. The van der Waals surface area contributed by atoms with Crippen LogP contribution in [0, 0.1) is 5.92 Å². The summed E-state index contributed by atoms with van der Waals surface area (Å²) in [4.78, 5) is 38.0. The third kappa shape index (κ3) is 5.78. The number of carbonyl (C=O) groups excluding carboxylic acids is 3. The SMILES string of the molecule is CCOC(=O)c1c(NC(=O)C(=O)N/N=C\c2ccccc2C(F)(F)F)sc2c1CC[C@H](C)C2. The number of benzene rings is 1. The number of thiophene rings is 1. The topological polar surface area (TPSA) is 96.9 Å². The Morgan fingerprint density at radius 1 is 1.24 bits per heavy atom. The molecule has 0 spiro atoms. The number of halogens is 3. The van der Waals surface area contributed by atoms with Gasteiger partial charge in [-0.2, -0.15) is 18.3 Å². The number of fused-ring (bicyclic) bond motifs is 1. The van der Waals surface area contributed by atoms with Crippen LogP contribution in [0.1, 0.15) is 52.2 Å². The third-order valence-electron chi connectivity index (χ3n) is 5.06. The first-order valence-electron chi connectivity index (χ1n) is 10.2. The highest BCUT2D eigenvalue weighted by atomic mass is 32.1. The summed E-state index contributed by atoms with van der Waals surface area (Å²) in [5.74, 6) is -2.45. The number of hydrazone groups is 1. The van der Waals surface area contributed by atoms with Crippen molar-refractivity contribution in [3.63, 3.8) is 0 Å². The van der Waals surface area contributed by atoms with Crippen LogP contribution in [0.2, 0.25) is 0 Å². The van der Waals surface area contributed by atoms with Crippen molar-refractivity contribution in [2.45, 2.75) is 39.3 Å². The van der Waals surface area contributed by atoms with Crippen LogP contribution in [-0.4, -0.2) is 30.6 Å². The molecule has 0 unspecified atom stereocenters. The van der Waals surface area contributed by atoms with Crippen molar-refractivity contribution in [3.05, 3.63) is 51.4 Å². The molecule has 1 atom stereocenters. The highest BCUT2D eigenvalue weighted by molar-refractivity contribution is 7.17. The van der Waals surface area contributed by atoms with Gasteiger partial charge in [-0.15, -0.1) is 11.3 Å². The van der Waals surface area contributed by atoms with Crippen LogP contribution in [0.25, 0.3) is 0 Å². The minimum atomic E-state index is -4.59. The summed E-state index contributed by atoms with van der Waals surface area (Å²) in [7, 11) is 0. The molecule has 3 rings (SSSR count). The van der Waals surface area contributed by atoms with Gasteiger partial charge in [-0.25, -0.2) is 10.2 Å². The normalized spacial score (nSPS) is 15.7. The van der Waals surface area contributed by atoms with Crippen molar-refractivity contribution in [1.82, 2.24) is 5.43 Å². The molecule has 2 N–H and O–H groups in total. The van der Waals surface area contributed by atoms with Crippen molar-refractivity contribution in [2.24, 2.45) is 11.0 Å². The molecule has 7 nitrogen and oxygen atoms in total. The van der Waals surface area contributed by atoms with Crippen molar-refractivity contribution in [1.29, 1.82) is 0 Å². The van der Waals surface area contributed by atoms with E-state index in [1.54, 1.807) is 6.92 Å². The number of amides is 2. The first kappa shape index (κ1) is 24.4. The molecule has 1 aliphatic rings. The third-order valence-corrected chi connectivity index (χ3v) is 6.23. The van der Waals surface area contributed by atoms with E-state index in [9.17, 15) is 27.6 Å². The van der Waals surface area contributed by atoms with E-state index in [0.29, 0.717) is 12.3 Å². The van der Waals surface area contributed by atoms with Gasteiger partial charge in [0.05, 0.1) is 23.9 Å². The maximum Gasteiger partial charge on any atom is 0.417 e. The van der Waals surface area contributed by atoms with Crippen LogP contribution < -0.4 is 10.7 Å². The van der Waals surface area contributed by atoms with Gasteiger partial charge in [0.25, 0.3) is 0 Å². The molecule has 0 saturated heterocycles. The Kier molecular flexibility index (Phi) is 7.52. The van der Waals surface area contributed by atoms with Gasteiger partial charge in [0.1, 0.15) is 5.00 Å². The summed E-state index contributed by atoms with van der Waals surface area (Å²) in [5.41, 5.74) is 1.77. The standard InChI is InChI=1S/C22H22F3N3O4S/c1-3-32-21(31)17-14-9-8-12(2)10-16(14)33-20(17)27-18(29)19(30)28-26-11-13-6-4-5-7-15(13)22(23,24)25/h4-7,11-12H,3,8-10H2,1-2H3,(H,27,29)(H,28,30)/b26-11-/t12-/m0/s1. The average Bonchev–Trinajstić information content (AvgIpc) is 3.10. The van der Waals surface area contributed by atoms with Crippen molar-refractivity contribution >= 4 is 40.3 Å². The first-order valence-corrected chi connectivity index (χ1v) is 11.1. The highest BCUT2D eigenvalue weighted by Gasteiger charge is 2.33. The quantitative estimate of drug-likeness (QED) is 0.290. The van der Waals surface area contributed by atoms with Crippen LogP contribution in [0.3, 0.4) is 0 Å². The highest BCUT2D eigenvalue weighted by Crippen LogP contribution is 2.40. The van der Waals surface area contributed by atoms with Gasteiger partial charge in [-0.3, -0.25) is 9.59 Å². The van der Waals surface area contributed by atoms with Crippen LogP contribution in [0.15, 0.2) is 29.4 Å². The second-order valence-electron chi connectivity index (χ2n) is 7.51.